The Labute approximate surface area is 252 Å². The van der Waals surface area contributed by atoms with E-state index >= 15 is 0 Å². The number of hydrogen-bond acceptors (Lipinski definition) is 11. The topological polar surface area (TPSA) is 208 Å². The number of rotatable bonds is 11. The van der Waals surface area contributed by atoms with Gasteiger partial charge in [0, 0.05) is 37.6 Å². The third kappa shape index (κ3) is 8.37. The largest absolute Gasteiger partial charge is 0.493 e. The van der Waals surface area contributed by atoms with Crippen molar-refractivity contribution in [2.45, 2.75) is 13.0 Å². The van der Waals surface area contributed by atoms with E-state index in [4.69, 9.17) is 30.5 Å². The molecule has 15 nitrogen and oxygen atoms in total. The second kappa shape index (κ2) is 15.4. The molecular weight excluding hydrogens is 577 g/mol. The zero-order chi connectivity index (χ0) is 32.2. The van der Waals surface area contributed by atoms with Gasteiger partial charge in [-0.25, -0.2) is 19.4 Å². The summed E-state index contributed by atoms with van der Waals surface area (Å²) in [5.74, 6) is -0.326. The average Bonchev–Trinajstić information content (AvgIpc) is 3.01. The van der Waals surface area contributed by atoms with Gasteiger partial charge in [0.15, 0.2) is 23.9 Å². The summed E-state index contributed by atoms with van der Waals surface area (Å²) < 4.78 is 24.6. The van der Waals surface area contributed by atoms with Crippen LogP contribution in [0.25, 0.3) is 0 Å². The highest BCUT2D eigenvalue weighted by atomic mass is 19.1. The van der Waals surface area contributed by atoms with E-state index in [1.54, 1.807) is 61.9 Å². The summed E-state index contributed by atoms with van der Waals surface area (Å²) in [6, 6.07) is 10.9. The number of hydrazone groups is 1. The normalized spacial score (nSPS) is 12.9. The van der Waals surface area contributed by atoms with Crippen molar-refractivity contribution < 1.29 is 33.4 Å². The quantitative estimate of drug-likeness (QED) is 0.0918. The van der Waals surface area contributed by atoms with Crippen molar-refractivity contribution in [3.05, 3.63) is 66.0 Å². The highest BCUT2D eigenvalue weighted by Crippen LogP contribution is 2.43. The van der Waals surface area contributed by atoms with Crippen LogP contribution in [-0.4, -0.2) is 79.0 Å². The number of amides is 2. The van der Waals surface area contributed by atoms with Crippen molar-refractivity contribution in [2.24, 2.45) is 10.8 Å². The number of carbonyl (C=O) groups is 3. The smallest absolute Gasteiger partial charge is 0.300 e. The number of aliphatic carboxylic acids is 1. The van der Waals surface area contributed by atoms with Crippen molar-refractivity contribution in [3.63, 3.8) is 0 Å². The predicted molar refractivity (Wildman–Crippen MR) is 161 cm³/mol. The maximum absolute atomic E-state index is 13.4. The Balaban J connectivity index is 0.00000124. The van der Waals surface area contributed by atoms with Gasteiger partial charge < -0.3 is 35.8 Å². The van der Waals surface area contributed by atoms with Gasteiger partial charge in [0.25, 0.3) is 11.9 Å². The second-order valence-corrected chi connectivity index (χ2v) is 9.00. The molecule has 0 bridgehead atoms. The molecule has 232 valence electrons. The van der Waals surface area contributed by atoms with Crippen molar-refractivity contribution in [1.82, 2.24) is 15.3 Å². The molecule has 2 heterocycles. The molecule has 4 rings (SSSR count). The van der Waals surface area contributed by atoms with Crippen molar-refractivity contribution in [2.75, 3.05) is 49.2 Å². The summed E-state index contributed by atoms with van der Waals surface area (Å²) in [5, 5.41) is 27.0. The van der Waals surface area contributed by atoms with E-state index in [0.29, 0.717) is 40.4 Å². The number of hydrogen-bond donors (Lipinski definition) is 5. The molecule has 3 aromatic rings. The first-order valence-corrected chi connectivity index (χ1v) is 13.0. The fourth-order valence-electron chi connectivity index (χ4n) is 4.07. The molecule has 44 heavy (non-hydrogen) atoms. The molecule has 1 aliphatic heterocycles. The van der Waals surface area contributed by atoms with Crippen LogP contribution in [0, 0.1) is 5.41 Å². The van der Waals surface area contributed by atoms with Gasteiger partial charge in [-0.2, -0.15) is 5.10 Å². The second-order valence-electron chi connectivity index (χ2n) is 9.00. The number of carboxylic acids is 1. The molecule has 1 unspecified atom stereocenters. The van der Waals surface area contributed by atoms with Gasteiger partial charge in [-0.1, -0.05) is 0 Å². The Bertz CT molecular complexity index is 1500. The van der Waals surface area contributed by atoms with Crippen molar-refractivity contribution >= 4 is 47.3 Å². The number of methoxy groups -OCH3 is 1. The number of nitrogens with one attached hydrogen (secondary N) is 3. The first-order chi connectivity index (χ1) is 21.1. The standard InChI is InChI=1S/C26H28FN9O4.C2H4O2/c1-35(26-30-9-3-10-31-26)34-25(32-15-37)22(33-18-6-4-16(5-7-18)24(28)29)17-12-19-23(20(13-17)39-2)40-14-21(38)36(19)11-8-27;1-2(3)4/h3-7,9-10,12-13,15,22,33H,8,11,14H2,1-2H3,(H3,28,29)(H,32,34,37);1H3,(H,3,4). The molecule has 0 saturated heterocycles. The van der Waals surface area contributed by atoms with E-state index in [9.17, 15) is 14.0 Å². The van der Waals surface area contributed by atoms with Crippen LogP contribution in [0.3, 0.4) is 0 Å². The van der Waals surface area contributed by atoms with Crippen molar-refractivity contribution in [3.8, 4) is 11.5 Å². The van der Waals surface area contributed by atoms with E-state index in [1.165, 1.54) is 17.0 Å². The van der Waals surface area contributed by atoms with E-state index in [1.807, 2.05) is 0 Å². The Kier molecular flexibility index (Phi) is 11.5. The fraction of sp³-hybridized carbons (Fsp3) is 0.250. The summed E-state index contributed by atoms with van der Waals surface area (Å²) >= 11 is 0. The Hall–Kier alpha value is -5.80. The first-order valence-electron chi connectivity index (χ1n) is 13.0. The number of halogens is 1. The number of benzene rings is 2. The lowest BCUT2D eigenvalue weighted by molar-refractivity contribution is -0.134. The number of nitrogens with two attached hydrogens (primary N) is 1. The molecule has 16 heteroatoms. The van der Waals surface area contributed by atoms with Gasteiger partial charge in [-0.3, -0.25) is 19.8 Å². The lowest BCUT2D eigenvalue weighted by atomic mass is 10.0. The molecule has 2 aromatic carbocycles. The highest BCUT2D eigenvalue weighted by molar-refractivity contribution is 6.01. The maximum atomic E-state index is 13.4. The highest BCUT2D eigenvalue weighted by Gasteiger charge is 2.31. The number of fused-ring (bicyclic) bond motifs is 1. The minimum Gasteiger partial charge on any atom is -0.493 e. The number of nitrogens with zero attached hydrogens (tertiary/aromatic N) is 5. The molecule has 0 fully saturated rings. The van der Waals surface area contributed by atoms with Gasteiger partial charge in [0.05, 0.1) is 19.3 Å². The van der Waals surface area contributed by atoms with Crippen molar-refractivity contribution in [1.29, 1.82) is 5.41 Å². The Morgan fingerprint density at radius 2 is 1.98 bits per heavy atom. The zero-order valence-corrected chi connectivity index (χ0v) is 24.2. The Morgan fingerprint density at radius 3 is 2.55 bits per heavy atom. The van der Waals surface area contributed by atoms with Gasteiger partial charge in [-0.05, 0) is 48.0 Å². The summed E-state index contributed by atoms with van der Waals surface area (Å²) in [6.45, 7) is -0.106. The molecule has 1 aromatic heterocycles. The zero-order valence-electron chi connectivity index (χ0n) is 24.2. The van der Waals surface area contributed by atoms with Crippen LogP contribution in [0.2, 0.25) is 0 Å². The van der Waals surface area contributed by atoms with Crippen LogP contribution in [0.4, 0.5) is 21.7 Å². The number of alkyl halides is 1. The number of ether oxygens (including phenoxy) is 2. The number of aromatic nitrogens is 2. The maximum Gasteiger partial charge on any atom is 0.300 e. The number of carboxylic acid groups (broad SMARTS) is 1. The molecule has 6 N–H and O–H groups in total. The van der Waals surface area contributed by atoms with Crippen LogP contribution < -0.4 is 35.7 Å². The lowest BCUT2D eigenvalue weighted by Crippen LogP contribution is -2.40. The Morgan fingerprint density at radius 1 is 1.32 bits per heavy atom. The van der Waals surface area contributed by atoms with E-state index in [2.05, 4.69) is 25.7 Å². The third-order valence-electron chi connectivity index (χ3n) is 5.94. The minimum absolute atomic E-state index is 0.0884. The van der Waals surface area contributed by atoms with Crippen LogP contribution in [0.5, 0.6) is 11.5 Å². The van der Waals surface area contributed by atoms with Crippen LogP contribution in [0.1, 0.15) is 24.1 Å². The molecule has 0 radical (unpaired) electrons. The number of nitrogen functional groups attached to an aromatic ring is 1. The predicted octanol–water partition coefficient (Wildman–Crippen LogP) is 1.90. The number of carbonyl (C=O) groups excluding carboxylic acids is 2. The first kappa shape index (κ1) is 32.7. The number of amidine groups is 2. The molecular formula is C28H32FN9O6. The summed E-state index contributed by atoms with van der Waals surface area (Å²) in [7, 11) is 3.06. The fourth-order valence-corrected chi connectivity index (χ4v) is 4.07. The van der Waals surface area contributed by atoms with Crippen LogP contribution >= 0.6 is 0 Å². The molecule has 2 amide bonds. The molecule has 0 aliphatic carbocycles. The molecule has 1 atom stereocenters. The van der Waals surface area contributed by atoms with Gasteiger partial charge in [0.1, 0.15) is 18.6 Å². The molecule has 0 spiro atoms. The van der Waals surface area contributed by atoms with Gasteiger partial charge in [-0.15, -0.1) is 0 Å². The van der Waals surface area contributed by atoms with E-state index < -0.39 is 24.6 Å². The summed E-state index contributed by atoms with van der Waals surface area (Å²) in [4.78, 5) is 43.0. The van der Waals surface area contributed by atoms with E-state index in [-0.39, 0.29) is 30.8 Å². The average molecular weight is 610 g/mol. The van der Waals surface area contributed by atoms with E-state index in [0.717, 1.165) is 6.92 Å². The van der Waals surface area contributed by atoms with Gasteiger partial charge >= 0.3 is 0 Å². The minimum atomic E-state index is -0.844. The molecule has 1 aliphatic rings. The van der Waals surface area contributed by atoms with Gasteiger partial charge in [0.2, 0.25) is 12.4 Å². The lowest BCUT2D eigenvalue weighted by Gasteiger charge is -2.31. The summed E-state index contributed by atoms with van der Waals surface area (Å²) in [6.07, 6.45) is 3.58. The molecule has 0 saturated carbocycles. The third-order valence-corrected chi connectivity index (χ3v) is 5.94. The van der Waals surface area contributed by atoms with Crippen LogP contribution in [-0.2, 0) is 14.4 Å². The SMILES string of the molecule is CC(=O)O.COc1cc(C(Nc2ccc(C(=N)N)cc2)/C(=N/N(C)c2ncccn2)NC=O)cc2c1OCC(=O)N2CCF. The van der Waals surface area contributed by atoms with Crippen LogP contribution in [0.15, 0.2) is 60.0 Å². The number of anilines is 3. The monoisotopic (exact) mass is 609 g/mol. The summed E-state index contributed by atoms with van der Waals surface area (Å²) in [5.41, 5.74) is 7.53.